The average Bonchev–Trinajstić information content (AvgIpc) is 3.19. The lowest BCUT2D eigenvalue weighted by molar-refractivity contribution is -0.134. The lowest BCUT2D eigenvalue weighted by atomic mass is 10.1. The van der Waals surface area contributed by atoms with E-state index in [9.17, 15) is 4.79 Å². The zero-order valence-electron chi connectivity index (χ0n) is 14.8. The second-order valence-corrected chi connectivity index (χ2v) is 6.75. The molecule has 7 nitrogen and oxygen atoms in total. The number of halogens is 1. The van der Waals surface area contributed by atoms with E-state index in [1.54, 1.807) is 29.4 Å². The minimum Gasteiger partial charge on any atom is -0.459 e. The molecule has 0 radical (unpaired) electrons. The topological polar surface area (TPSA) is 74.0 Å². The molecular weight excluding hydrogens is 354 g/mol. The van der Waals surface area contributed by atoms with Crippen LogP contribution >= 0.6 is 11.6 Å². The van der Waals surface area contributed by atoms with Crippen molar-refractivity contribution in [2.45, 2.75) is 26.0 Å². The number of amides is 1. The second-order valence-electron chi connectivity index (χ2n) is 6.34. The summed E-state index contributed by atoms with van der Waals surface area (Å²) in [7, 11) is 1.82. The number of aromatic nitrogens is 4. The summed E-state index contributed by atoms with van der Waals surface area (Å²) < 4.78 is 9.08. The Morgan fingerprint density at radius 3 is 2.62 bits per heavy atom. The minimum absolute atomic E-state index is 0.202. The van der Waals surface area contributed by atoms with Crippen molar-refractivity contribution >= 4 is 17.5 Å². The summed E-state index contributed by atoms with van der Waals surface area (Å²) in [5.74, 6) is -0.0815. The van der Waals surface area contributed by atoms with Crippen molar-refractivity contribution in [3.8, 4) is 11.6 Å². The monoisotopic (exact) mass is 373 g/mol. The first-order chi connectivity index (χ1) is 12.3. The maximum absolute atomic E-state index is 12.5. The van der Waals surface area contributed by atoms with Gasteiger partial charge in [-0.15, -0.1) is 5.10 Å². The fourth-order valence-electron chi connectivity index (χ4n) is 2.35. The maximum Gasteiger partial charge on any atom is 0.263 e. The number of rotatable bonds is 6. The van der Waals surface area contributed by atoms with Crippen LogP contribution < -0.4 is 10.1 Å². The highest BCUT2D eigenvalue weighted by molar-refractivity contribution is 6.31. The van der Waals surface area contributed by atoms with Gasteiger partial charge < -0.3 is 10.1 Å². The fourth-order valence-corrected chi connectivity index (χ4v) is 2.52. The van der Waals surface area contributed by atoms with Gasteiger partial charge in [0, 0.05) is 13.2 Å². The molecule has 0 aliphatic carbocycles. The molecule has 2 aromatic heterocycles. The third-order valence-electron chi connectivity index (χ3n) is 3.76. The van der Waals surface area contributed by atoms with E-state index in [1.807, 2.05) is 49.6 Å². The van der Waals surface area contributed by atoms with E-state index < -0.39 is 5.60 Å². The number of ether oxygens (including phenoxy) is 1. The molecule has 0 unspecified atom stereocenters. The molecule has 3 rings (SSSR count). The maximum atomic E-state index is 12.5. The molecule has 1 N–H and O–H groups in total. The van der Waals surface area contributed by atoms with Crippen LogP contribution in [-0.4, -0.2) is 31.1 Å². The van der Waals surface area contributed by atoms with Crippen molar-refractivity contribution < 1.29 is 9.53 Å². The van der Waals surface area contributed by atoms with Crippen molar-refractivity contribution in [2.24, 2.45) is 7.05 Å². The summed E-state index contributed by atoms with van der Waals surface area (Å²) in [5, 5.41) is 11.7. The summed E-state index contributed by atoms with van der Waals surface area (Å²) in [6, 6.07) is 11.4. The normalized spacial score (nSPS) is 11.4. The van der Waals surface area contributed by atoms with Gasteiger partial charge in [0.2, 0.25) is 0 Å². The molecule has 2 heterocycles. The van der Waals surface area contributed by atoms with Crippen LogP contribution in [0.2, 0.25) is 5.02 Å². The van der Waals surface area contributed by atoms with E-state index in [1.165, 1.54) is 0 Å². The molecule has 0 aliphatic heterocycles. The number of nitrogens with one attached hydrogen (secondary N) is 1. The Bertz CT molecular complexity index is 901. The van der Waals surface area contributed by atoms with Crippen molar-refractivity contribution in [1.29, 1.82) is 0 Å². The molecule has 3 aromatic rings. The second kappa shape index (κ2) is 7.21. The van der Waals surface area contributed by atoms with Crippen LogP contribution in [0.5, 0.6) is 5.88 Å². The van der Waals surface area contributed by atoms with Crippen molar-refractivity contribution in [1.82, 2.24) is 24.9 Å². The van der Waals surface area contributed by atoms with Crippen molar-refractivity contribution in [2.75, 3.05) is 0 Å². The molecule has 0 fully saturated rings. The summed E-state index contributed by atoms with van der Waals surface area (Å²) in [5.41, 5.74) is 0.471. The van der Waals surface area contributed by atoms with Crippen LogP contribution in [0.4, 0.5) is 0 Å². The number of hydrogen-bond acceptors (Lipinski definition) is 4. The molecule has 0 saturated carbocycles. The minimum atomic E-state index is -1.14. The predicted octanol–water partition coefficient (Wildman–Crippen LogP) is 2.73. The Hall–Kier alpha value is -2.80. The number of carbonyl (C=O) groups excluding carboxylic acids is 1. The Morgan fingerprint density at radius 1 is 1.23 bits per heavy atom. The van der Waals surface area contributed by atoms with Crippen LogP contribution in [-0.2, 0) is 18.4 Å². The summed E-state index contributed by atoms with van der Waals surface area (Å²) in [6.07, 6.45) is 3.47. The molecule has 0 spiro atoms. The van der Waals surface area contributed by atoms with Gasteiger partial charge in [-0.05, 0) is 32.0 Å². The van der Waals surface area contributed by atoms with E-state index in [0.29, 0.717) is 11.6 Å². The average molecular weight is 374 g/mol. The van der Waals surface area contributed by atoms with Gasteiger partial charge in [0.15, 0.2) is 5.60 Å². The number of nitrogens with zero attached hydrogens (tertiary/aromatic N) is 4. The highest BCUT2D eigenvalue weighted by Crippen LogP contribution is 2.27. The first kappa shape index (κ1) is 18.0. The Morgan fingerprint density at radius 2 is 1.96 bits per heavy atom. The largest absolute Gasteiger partial charge is 0.459 e. The molecule has 136 valence electrons. The van der Waals surface area contributed by atoms with Crippen molar-refractivity contribution in [3.63, 3.8) is 0 Å². The molecular formula is C18H20ClN5O2. The summed E-state index contributed by atoms with van der Waals surface area (Å²) >= 11 is 6.23. The SMILES string of the molecule is Cn1ccc(CNC(=O)C(C)(C)Oc2nn(-c3ccccc3)cc2Cl)n1. The Labute approximate surface area is 156 Å². The van der Waals surface area contributed by atoms with Crippen LogP contribution in [0.25, 0.3) is 5.69 Å². The van der Waals surface area contributed by atoms with Crippen LogP contribution in [0.1, 0.15) is 19.5 Å². The highest BCUT2D eigenvalue weighted by atomic mass is 35.5. The molecule has 1 aromatic carbocycles. The molecule has 0 bridgehead atoms. The molecule has 0 saturated heterocycles. The molecule has 1 amide bonds. The highest BCUT2D eigenvalue weighted by Gasteiger charge is 2.31. The van der Waals surface area contributed by atoms with Crippen LogP contribution in [0.15, 0.2) is 48.8 Å². The summed E-state index contributed by atoms with van der Waals surface area (Å²) in [6.45, 7) is 3.65. The number of benzene rings is 1. The third kappa shape index (κ3) is 4.05. The molecule has 0 atom stereocenters. The fraction of sp³-hybridized carbons (Fsp3) is 0.278. The number of aryl methyl sites for hydroxylation is 1. The first-order valence-electron chi connectivity index (χ1n) is 8.11. The summed E-state index contributed by atoms with van der Waals surface area (Å²) in [4.78, 5) is 12.5. The smallest absolute Gasteiger partial charge is 0.263 e. The first-order valence-corrected chi connectivity index (χ1v) is 8.49. The number of hydrogen-bond donors (Lipinski definition) is 1. The van der Waals surface area contributed by atoms with Gasteiger partial charge in [0.1, 0.15) is 5.02 Å². The van der Waals surface area contributed by atoms with E-state index in [2.05, 4.69) is 15.5 Å². The van der Waals surface area contributed by atoms with Gasteiger partial charge >= 0.3 is 0 Å². The lowest BCUT2D eigenvalue weighted by Gasteiger charge is -2.23. The van der Waals surface area contributed by atoms with Crippen LogP contribution in [0.3, 0.4) is 0 Å². The van der Waals surface area contributed by atoms with Crippen molar-refractivity contribution in [3.05, 3.63) is 59.5 Å². The van der Waals surface area contributed by atoms with Gasteiger partial charge in [-0.3, -0.25) is 9.48 Å². The molecule has 8 heteroatoms. The van der Waals surface area contributed by atoms with Gasteiger partial charge in [0.05, 0.1) is 24.1 Å². The lowest BCUT2D eigenvalue weighted by Crippen LogP contribution is -2.46. The standard InChI is InChI=1S/C18H20ClN5O2/c1-18(2,17(25)20-11-13-9-10-23(3)21-13)26-16-15(19)12-24(22-16)14-7-5-4-6-8-14/h4-10,12H,11H2,1-3H3,(H,20,25). The third-order valence-corrected chi connectivity index (χ3v) is 4.02. The van der Waals surface area contributed by atoms with Gasteiger partial charge in [0.25, 0.3) is 11.8 Å². The predicted molar refractivity (Wildman–Crippen MR) is 98.3 cm³/mol. The van der Waals surface area contributed by atoms with E-state index in [-0.39, 0.29) is 11.8 Å². The quantitative estimate of drug-likeness (QED) is 0.721. The molecule has 0 aliphatic rings. The molecule has 26 heavy (non-hydrogen) atoms. The zero-order chi connectivity index (χ0) is 18.7. The number of para-hydroxylation sites is 1. The Kier molecular flexibility index (Phi) is 4.99. The van der Waals surface area contributed by atoms with Gasteiger partial charge in [-0.25, -0.2) is 4.68 Å². The zero-order valence-corrected chi connectivity index (χ0v) is 15.6. The van der Waals surface area contributed by atoms with Gasteiger partial charge in [-0.1, -0.05) is 29.8 Å². The van der Waals surface area contributed by atoms with E-state index >= 15 is 0 Å². The Balaban J connectivity index is 1.68. The van der Waals surface area contributed by atoms with E-state index in [0.717, 1.165) is 11.4 Å². The number of carbonyl (C=O) groups is 1. The van der Waals surface area contributed by atoms with Gasteiger partial charge in [-0.2, -0.15) is 5.10 Å². The van der Waals surface area contributed by atoms with Crippen LogP contribution in [0, 0.1) is 0 Å². The van der Waals surface area contributed by atoms with E-state index in [4.69, 9.17) is 16.3 Å².